The Bertz CT molecular complexity index is 1960. The van der Waals surface area contributed by atoms with E-state index in [1.54, 1.807) is 34.9 Å². The summed E-state index contributed by atoms with van der Waals surface area (Å²) < 4.78 is 56.1. The molecule has 2 atom stereocenters. The summed E-state index contributed by atoms with van der Waals surface area (Å²) in [6, 6.07) is 9.16. The zero-order chi connectivity index (χ0) is 36.0. The standard InChI is InChI=1S/C39H44F2N4O5/c1-9-11-29-33-26(25-13-12-24(40)21-30(25)49-29)14-15-27(41)34(33)28-22-31-42-23(3)32(35(37(46)47-8)50-38(4,5)6)36(45(31)43-28)44-18-16-39(7,17-19-44)48-20-10-2/h9-10,12-15,21-22,29,35H,1-2,11,16-20H2,3-8H3/t29-,35+/m1/s1. The van der Waals surface area contributed by atoms with Crippen molar-refractivity contribution in [2.75, 3.05) is 31.7 Å². The first-order valence-electron chi connectivity index (χ1n) is 16.8. The molecule has 4 aromatic rings. The first kappa shape index (κ1) is 35.2. The number of aromatic nitrogens is 3. The first-order chi connectivity index (χ1) is 23.8. The molecule has 0 unspecified atom stereocenters. The molecule has 0 amide bonds. The predicted octanol–water partition coefficient (Wildman–Crippen LogP) is 8.25. The number of fused-ring (bicyclic) bond motifs is 4. The van der Waals surface area contributed by atoms with E-state index < -0.39 is 35.4 Å². The van der Waals surface area contributed by atoms with Gasteiger partial charge in [-0.05, 0) is 71.2 Å². The van der Waals surface area contributed by atoms with Crippen LogP contribution in [-0.2, 0) is 19.0 Å². The number of benzene rings is 2. The van der Waals surface area contributed by atoms with Crippen molar-refractivity contribution in [3.63, 3.8) is 0 Å². The molecule has 0 radical (unpaired) electrons. The fourth-order valence-electron chi connectivity index (χ4n) is 6.90. The number of hydrogen-bond acceptors (Lipinski definition) is 8. The van der Waals surface area contributed by atoms with Crippen molar-refractivity contribution in [3.8, 4) is 28.1 Å². The van der Waals surface area contributed by atoms with Crippen molar-refractivity contribution in [2.24, 2.45) is 0 Å². The van der Waals surface area contributed by atoms with E-state index in [2.05, 4.69) is 25.0 Å². The number of ether oxygens (including phenoxy) is 4. The molecule has 2 aliphatic rings. The van der Waals surface area contributed by atoms with Crippen LogP contribution in [0.4, 0.5) is 14.6 Å². The highest BCUT2D eigenvalue weighted by Crippen LogP contribution is 2.48. The van der Waals surface area contributed by atoms with E-state index in [4.69, 9.17) is 29.0 Å². The molecule has 0 N–H and O–H groups in total. The van der Waals surface area contributed by atoms with Gasteiger partial charge in [-0.2, -0.15) is 9.61 Å². The van der Waals surface area contributed by atoms with Crippen molar-refractivity contribution in [2.45, 2.75) is 77.3 Å². The summed E-state index contributed by atoms with van der Waals surface area (Å²) in [5.41, 5.74) is 2.99. The third-order valence-electron chi connectivity index (χ3n) is 9.28. The first-order valence-corrected chi connectivity index (χ1v) is 16.8. The number of halogens is 2. The summed E-state index contributed by atoms with van der Waals surface area (Å²) in [5, 5.41) is 5.02. The van der Waals surface area contributed by atoms with Crippen LogP contribution in [0.2, 0.25) is 0 Å². The van der Waals surface area contributed by atoms with Gasteiger partial charge in [0.1, 0.15) is 29.3 Å². The predicted molar refractivity (Wildman–Crippen MR) is 188 cm³/mol. The van der Waals surface area contributed by atoms with Gasteiger partial charge < -0.3 is 23.8 Å². The molecule has 6 rings (SSSR count). The number of methoxy groups -OCH3 is 1. The molecule has 1 fully saturated rings. The van der Waals surface area contributed by atoms with Gasteiger partial charge in [0.2, 0.25) is 0 Å². The number of nitrogens with zero attached hydrogens (tertiary/aromatic N) is 4. The Balaban J connectivity index is 1.58. The molecule has 2 aliphatic heterocycles. The van der Waals surface area contributed by atoms with Gasteiger partial charge in [-0.15, -0.1) is 13.2 Å². The quantitative estimate of drug-likeness (QED) is 0.122. The number of aryl methyl sites for hydroxylation is 1. The van der Waals surface area contributed by atoms with Gasteiger partial charge in [-0.3, -0.25) is 0 Å². The topological polar surface area (TPSA) is 87.4 Å². The number of anilines is 1. The largest absolute Gasteiger partial charge is 0.485 e. The summed E-state index contributed by atoms with van der Waals surface area (Å²) in [5.74, 6) is -0.512. The Morgan fingerprint density at radius 1 is 1.12 bits per heavy atom. The lowest BCUT2D eigenvalue weighted by atomic mass is 9.86. The lowest BCUT2D eigenvalue weighted by Crippen LogP contribution is -2.45. The molecular weight excluding hydrogens is 642 g/mol. The molecule has 0 spiro atoms. The number of carbonyl (C=O) groups is 1. The summed E-state index contributed by atoms with van der Waals surface area (Å²) in [6.45, 7) is 18.8. The lowest BCUT2D eigenvalue weighted by molar-refractivity contribution is -0.164. The molecule has 1 saturated heterocycles. The van der Waals surface area contributed by atoms with E-state index in [-0.39, 0.29) is 11.2 Å². The zero-order valence-corrected chi connectivity index (χ0v) is 29.5. The van der Waals surface area contributed by atoms with Crippen molar-refractivity contribution in [3.05, 3.63) is 90.2 Å². The van der Waals surface area contributed by atoms with Crippen LogP contribution >= 0.6 is 0 Å². The van der Waals surface area contributed by atoms with Gasteiger partial charge in [-0.25, -0.2) is 18.6 Å². The average molecular weight is 687 g/mol. The minimum absolute atomic E-state index is 0.250. The minimum Gasteiger partial charge on any atom is -0.485 e. The maximum atomic E-state index is 16.2. The van der Waals surface area contributed by atoms with Crippen molar-refractivity contribution >= 4 is 17.4 Å². The number of hydrogen-bond donors (Lipinski definition) is 0. The second-order valence-electron chi connectivity index (χ2n) is 14.1. The van der Waals surface area contributed by atoms with E-state index >= 15 is 4.39 Å². The Labute approximate surface area is 291 Å². The van der Waals surface area contributed by atoms with E-state index in [1.165, 1.54) is 25.3 Å². The molecular formula is C39H44F2N4O5. The molecule has 0 bridgehead atoms. The van der Waals surface area contributed by atoms with Crippen molar-refractivity contribution in [1.82, 2.24) is 14.6 Å². The molecule has 11 heteroatoms. The van der Waals surface area contributed by atoms with Gasteiger partial charge in [0, 0.05) is 54.0 Å². The monoisotopic (exact) mass is 686 g/mol. The maximum Gasteiger partial charge on any atom is 0.339 e. The van der Waals surface area contributed by atoms with Gasteiger partial charge >= 0.3 is 5.97 Å². The smallest absolute Gasteiger partial charge is 0.339 e. The molecule has 0 saturated carbocycles. The van der Waals surface area contributed by atoms with Gasteiger partial charge in [0.05, 0.1) is 36.2 Å². The number of carbonyl (C=O) groups excluding carboxylic acids is 1. The maximum absolute atomic E-state index is 16.2. The average Bonchev–Trinajstić information content (AvgIpc) is 3.48. The molecule has 264 valence electrons. The Morgan fingerprint density at radius 3 is 2.50 bits per heavy atom. The number of esters is 1. The van der Waals surface area contributed by atoms with Gasteiger partial charge in [-0.1, -0.05) is 18.2 Å². The highest BCUT2D eigenvalue weighted by atomic mass is 19.1. The highest BCUT2D eigenvalue weighted by molar-refractivity contribution is 5.84. The van der Waals surface area contributed by atoms with Crippen LogP contribution < -0.4 is 9.64 Å². The van der Waals surface area contributed by atoms with Crippen LogP contribution in [0.25, 0.3) is 28.0 Å². The molecule has 2 aromatic heterocycles. The SMILES string of the molecule is C=CCOC1(C)CCN(c2c([C@H](OC(C)(C)C)C(=O)OC)c(C)nc3cc(-c4c(F)ccc5c4[C@@H](CC=C)Oc4cc(F)ccc4-5)nn23)CC1. The third kappa shape index (κ3) is 6.64. The van der Waals surface area contributed by atoms with Gasteiger partial charge in [0.15, 0.2) is 11.8 Å². The Hall–Kier alpha value is -4.61. The summed E-state index contributed by atoms with van der Waals surface area (Å²) in [6.07, 6.45) is 3.42. The highest BCUT2D eigenvalue weighted by Gasteiger charge is 2.39. The number of piperidine rings is 1. The number of rotatable bonds is 10. The molecule has 50 heavy (non-hydrogen) atoms. The van der Waals surface area contributed by atoms with Crippen molar-refractivity contribution < 1.29 is 32.5 Å². The van der Waals surface area contributed by atoms with Crippen molar-refractivity contribution in [1.29, 1.82) is 0 Å². The summed E-state index contributed by atoms with van der Waals surface area (Å²) in [7, 11) is 1.33. The van der Waals surface area contributed by atoms with E-state index in [9.17, 15) is 9.18 Å². The molecule has 4 heterocycles. The lowest BCUT2D eigenvalue weighted by Gasteiger charge is -2.41. The van der Waals surface area contributed by atoms with Crippen LogP contribution in [0.5, 0.6) is 5.75 Å². The minimum atomic E-state index is -1.12. The van der Waals surface area contributed by atoms with E-state index in [1.807, 2.05) is 27.7 Å². The fourth-order valence-corrected chi connectivity index (χ4v) is 6.90. The van der Waals surface area contributed by atoms with Crippen LogP contribution in [-0.4, -0.2) is 58.6 Å². The second-order valence-corrected chi connectivity index (χ2v) is 14.1. The summed E-state index contributed by atoms with van der Waals surface area (Å²) >= 11 is 0. The Kier molecular flexibility index (Phi) is 9.58. The van der Waals surface area contributed by atoms with Crippen LogP contribution in [0.3, 0.4) is 0 Å². The van der Waals surface area contributed by atoms with E-state index in [0.717, 1.165) is 5.56 Å². The normalized spacial score (nSPS) is 17.4. The summed E-state index contributed by atoms with van der Waals surface area (Å²) in [4.78, 5) is 20.5. The zero-order valence-electron chi connectivity index (χ0n) is 29.5. The molecule has 0 aliphatic carbocycles. The molecule has 9 nitrogen and oxygen atoms in total. The van der Waals surface area contributed by atoms with Crippen LogP contribution in [0.1, 0.15) is 76.0 Å². The van der Waals surface area contributed by atoms with Crippen LogP contribution in [0.15, 0.2) is 61.7 Å². The van der Waals surface area contributed by atoms with E-state index in [0.29, 0.717) is 84.3 Å². The third-order valence-corrected chi connectivity index (χ3v) is 9.28. The van der Waals surface area contributed by atoms with Crippen LogP contribution in [0, 0.1) is 18.6 Å². The second kappa shape index (κ2) is 13.6. The Morgan fingerprint density at radius 2 is 1.84 bits per heavy atom. The fraction of sp³-hybridized carbons (Fsp3) is 0.410. The van der Waals surface area contributed by atoms with Gasteiger partial charge in [0.25, 0.3) is 0 Å². The molecule has 2 aromatic carbocycles.